The van der Waals surface area contributed by atoms with E-state index in [1.807, 2.05) is 0 Å². The molecule has 0 aliphatic heterocycles. The van der Waals surface area contributed by atoms with Crippen molar-refractivity contribution in [2.75, 3.05) is 12.8 Å². The number of carbonyl (C=O) groups is 1. The first kappa shape index (κ1) is 20.3. The van der Waals surface area contributed by atoms with Crippen molar-refractivity contribution in [1.82, 2.24) is 5.32 Å². The third kappa shape index (κ3) is 5.69. The highest BCUT2D eigenvalue weighted by Gasteiger charge is 2.10. The zero-order valence-electron chi connectivity index (χ0n) is 15.1. The molecule has 0 fully saturated rings. The molecule has 0 radical (unpaired) electrons. The van der Waals surface area contributed by atoms with Crippen LogP contribution in [0.1, 0.15) is 22.3 Å². The third-order valence-corrected chi connectivity index (χ3v) is 4.27. The Morgan fingerprint density at radius 3 is 1.67 bits per heavy atom. The molecule has 24 heavy (non-hydrogen) atoms. The van der Waals surface area contributed by atoms with Gasteiger partial charge >= 0.3 is 5.97 Å². The molecule has 2 rings (SSSR count). The number of aryl methyl sites for hydroxylation is 4. The lowest BCUT2D eigenvalue weighted by Crippen LogP contribution is -2.35. The normalized spacial score (nSPS) is 11.4. The van der Waals surface area contributed by atoms with Crippen LogP contribution in [0.4, 0.5) is 0 Å². The standard InChI is InChI=1S/C16H18.C4H9NO2S/c1-11-5-7-13(3)15(9-11)16-10-12(2)6-8-14(16)4;1-5-3(2-8)4(6)7/h5-10H,1-4H3;3,5,8H,2H2,1H3,(H,6,7)/t;3-/m.1/s1. The van der Waals surface area contributed by atoms with E-state index in [1.54, 1.807) is 7.05 Å². The molecule has 2 aromatic carbocycles. The fourth-order valence-corrected chi connectivity index (χ4v) is 2.68. The highest BCUT2D eigenvalue weighted by atomic mass is 32.1. The van der Waals surface area contributed by atoms with Crippen molar-refractivity contribution in [3.63, 3.8) is 0 Å². The van der Waals surface area contributed by atoms with E-state index in [9.17, 15) is 4.79 Å². The van der Waals surface area contributed by atoms with E-state index in [1.165, 1.54) is 33.4 Å². The predicted molar refractivity (Wildman–Crippen MR) is 105 cm³/mol. The molecule has 0 bridgehead atoms. The van der Waals surface area contributed by atoms with E-state index in [-0.39, 0.29) is 0 Å². The van der Waals surface area contributed by atoms with Crippen molar-refractivity contribution in [3.8, 4) is 11.1 Å². The summed E-state index contributed by atoms with van der Waals surface area (Å²) in [4.78, 5) is 10.1. The highest BCUT2D eigenvalue weighted by Crippen LogP contribution is 2.28. The minimum Gasteiger partial charge on any atom is -0.480 e. The van der Waals surface area contributed by atoms with E-state index in [0.717, 1.165) is 0 Å². The van der Waals surface area contributed by atoms with Crippen LogP contribution in [-0.4, -0.2) is 29.9 Å². The molecule has 3 nitrogen and oxygen atoms in total. The second-order valence-corrected chi connectivity index (χ2v) is 6.36. The van der Waals surface area contributed by atoms with E-state index < -0.39 is 12.0 Å². The average Bonchev–Trinajstić information content (AvgIpc) is 2.54. The Morgan fingerprint density at radius 2 is 1.42 bits per heavy atom. The van der Waals surface area contributed by atoms with E-state index in [4.69, 9.17) is 5.11 Å². The summed E-state index contributed by atoms with van der Waals surface area (Å²) in [6.45, 7) is 8.65. The van der Waals surface area contributed by atoms with Crippen molar-refractivity contribution in [3.05, 3.63) is 58.7 Å². The first-order valence-electron chi connectivity index (χ1n) is 7.96. The molecule has 0 heterocycles. The van der Waals surface area contributed by atoms with Gasteiger partial charge in [-0.05, 0) is 57.0 Å². The van der Waals surface area contributed by atoms with E-state index in [0.29, 0.717) is 5.75 Å². The summed E-state index contributed by atoms with van der Waals surface area (Å²) in [5, 5.41) is 10.8. The molecule has 0 saturated heterocycles. The molecular formula is C20H27NO2S. The molecule has 0 amide bonds. The summed E-state index contributed by atoms with van der Waals surface area (Å²) < 4.78 is 0. The summed E-state index contributed by atoms with van der Waals surface area (Å²) in [7, 11) is 1.59. The van der Waals surface area contributed by atoms with Crippen molar-refractivity contribution in [2.24, 2.45) is 0 Å². The molecule has 2 aromatic rings. The second-order valence-electron chi connectivity index (χ2n) is 6.00. The molecule has 2 N–H and O–H groups in total. The average molecular weight is 346 g/mol. The molecule has 1 atom stereocenters. The first-order valence-corrected chi connectivity index (χ1v) is 8.59. The fraction of sp³-hybridized carbons (Fsp3) is 0.350. The number of likely N-dealkylation sites (N-methyl/N-ethyl adjacent to an activating group) is 1. The summed E-state index contributed by atoms with van der Waals surface area (Å²) in [5.74, 6) is -0.534. The molecule has 0 unspecified atom stereocenters. The number of nitrogens with one attached hydrogen (secondary N) is 1. The van der Waals surface area contributed by atoms with Gasteiger partial charge in [0.05, 0.1) is 0 Å². The van der Waals surface area contributed by atoms with Gasteiger partial charge < -0.3 is 10.4 Å². The molecule has 0 spiro atoms. The number of benzene rings is 2. The minimum atomic E-state index is -0.859. The van der Waals surface area contributed by atoms with Crippen LogP contribution in [-0.2, 0) is 4.79 Å². The second kappa shape index (κ2) is 9.50. The maximum Gasteiger partial charge on any atom is 0.321 e. The molecule has 0 aliphatic rings. The van der Waals surface area contributed by atoms with E-state index >= 15 is 0 Å². The molecule has 0 saturated carbocycles. The van der Waals surface area contributed by atoms with Crippen LogP contribution < -0.4 is 5.32 Å². The number of rotatable bonds is 4. The number of aliphatic carboxylic acids is 1. The van der Waals surface area contributed by atoms with Crippen molar-refractivity contribution in [2.45, 2.75) is 33.7 Å². The Balaban J connectivity index is 0.000000307. The van der Waals surface area contributed by atoms with Crippen LogP contribution in [0.25, 0.3) is 11.1 Å². The number of carboxylic acids is 1. The Bertz CT molecular complexity index is 645. The topological polar surface area (TPSA) is 49.3 Å². The van der Waals surface area contributed by atoms with Gasteiger partial charge in [-0.2, -0.15) is 12.6 Å². The lowest BCUT2D eigenvalue weighted by molar-refractivity contribution is -0.138. The maximum atomic E-state index is 10.1. The molecule has 4 heteroatoms. The van der Waals surface area contributed by atoms with Crippen LogP contribution >= 0.6 is 12.6 Å². The smallest absolute Gasteiger partial charge is 0.321 e. The van der Waals surface area contributed by atoms with Gasteiger partial charge in [0, 0.05) is 5.75 Å². The Kier molecular flexibility index (Phi) is 8.02. The number of hydrogen-bond acceptors (Lipinski definition) is 3. The van der Waals surface area contributed by atoms with Crippen LogP contribution in [0.3, 0.4) is 0 Å². The van der Waals surface area contributed by atoms with Crippen LogP contribution in [0.2, 0.25) is 0 Å². The number of thiol groups is 1. The Morgan fingerprint density at radius 1 is 1.00 bits per heavy atom. The summed E-state index contributed by atoms with van der Waals surface area (Å²) >= 11 is 3.79. The van der Waals surface area contributed by atoms with Crippen molar-refractivity contribution >= 4 is 18.6 Å². The maximum absolute atomic E-state index is 10.1. The van der Waals surface area contributed by atoms with Crippen LogP contribution in [0.5, 0.6) is 0 Å². The van der Waals surface area contributed by atoms with Gasteiger partial charge in [0.1, 0.15) is 6.04 Å². The van der Waals surface area contributed by atoms with Gasteiger partial charge in [0.25, 0.3) is 0 Å². The van der Waals surface area contributed by atoms with Gasteiger partial charge in [-0.1, -0.05) is 47.5 Å². The Hall–Kier alpha value is -1.78. The SMILES string of the molecule is CN[C@H](CS)C(=O)O.Cc1ccc(C)c(-c2cc(C)ccc2C)c1. The predicted octanol–water partition coefficient (Wildman–Crippen LogP) is 4.18. The van der Waals surface area contributed by atoms with Gasteiger partial charge in [0.2, 0.25) is 0 Å². The molecule has 0 aliphatic carbocycles. The largest absolute Gasteiger partial charge is 0.480 e. The van der Waals surface area contributed by atoms with Gasteiger partial charge in [0.15, 0.2) is 0 Å². The van der Waals surface area contributed by atoms with Crippen LogP contribution in [0, 0.1) is 27.7 Å². The van der Waals surface area contributed by atoms with E-state index in [2.05, 4.69) is 82.0 Å². The first-order chi connectivity index (χ1) is 11.3. The van der Waals surface area contributed by atoms with Crippen molar-refractivity contribution in [1.29, 1.82) is 0 Å². The van der Waals surface area contributed by atoms with Gasteiger partial charge in [-0.15, -0.1) is 0 Å². The third-order valence-electron chi connectivity index (χ3n) is 3.91. The summed E-state index contributed by atoms with van der Waals surface area (Å²) in [6, 6.07) is 12.8. The van der Waals surface area contributed by atoms with Crippen LogP contribution in [0.15, 0.2) is 36.4 Å². The van der Waals surface area contributed by atoms with Gasteiger partial charge in [-0.3, -0.25) is 4.79 Å². The molecule has 0 aromatic heterocycles. The summed E-state index contributed by atoms with van der Waals surface area (Å²) in [5.41, 5.74) is 8.06. The summed E-state index contributed by atoms with van der Waals surface area (Å²) in [6.07, 6.45) is 0. The highest BCUT2D eigenvalue weighted by molar-refractivity contribution is 7.80. The zero-order chi connectivity index (χ0) is 18.3. The molecule has 130 valence electrons. The Labute approximate surface area is 150 Å². The molecular weight excluding hydrogens is 318 g/mol. The van der Waals surface area contributed by atoms with Crippen molar-refractivity contribution < 1.29 is 9.90 Å². The lowest BCUT2D eigenvalue weighted by atomic mass is 9.94. The van der Waals surface area contributed by atoms with Gasteiger partial charge in [-0.25, -0.2) is 0 Å². The monoisotopic (exact) mass is 345 g/mol. The number of hydrogen-bond donors (Lipinski definition) is 3. The zero-order valence-corrected chi connectivity index (χ0v) is 15.9. The lowest BCUT2D eigenvalue weighted by Gasteiger charge is -2.11. The minimum absolute atomic E-state index is 0.325. The fourth-order valence-electron chi connectivity index (χ4n) is 2.34. The number of carboxylic acid groups (broad SMARTS) is 1. The quantitative estimate of drug-likeness (QED) is 0.729.